The van der Waals surface area contributed by atoms with Crippen LogP contribution >= 0.6 is 0 Å². The van der Waals surface area contributed by atoms with Gasteiger partial charge >= 0.3 is 11.9 Å². The Morgan fingerprint density at radius 1 is 0.947 bits per heavy atom. The van der Waals surface area contributed by atoms with Crippen molar-refractivity contribution in [3.05, 3.63) is 0 Å². The quantitative estimate of drug-likeness (QED) is 0.348. The first kappa shape index (κ1) is 17.9. The van der Waals surface area contributed by atoms with Gasteiger partial charge in [0.05, 0.1) is 0 Å². The van der Waals surface area contributed by atoms with Crippen molar-refractivity contribution >= 4 is 11.9 Å². The summed E-state index contributed by atoms with van der Waals surface area (Å²) in [6.07, 6.45) is 6.75. The Morgan fingerprint density at radius 3 is 2.21 bits per heavy atom. The molecule has 0 bridgehead atoms. The van der Waals surface area contributed by atoms with Crippen LogP contribution in [0.4, 0.5) is 0 Å². The zero-order valence-corrected chi connectivity index (χ0v) is 11.5. The summed E-state index contributed by atoms with van der Waals surface area (Å²) in [7, 11) is 0. The molecule has 0 saturated carbocycles. The maximum atomic E-state index is 11.3. The molecular formula is C13H26N2O4. The molecule has 0 spiro atoms. The molecule has 4 N–H and O–H groups in total. The third kappa shape index (κ3) is 14.8. The van der Waals surface area contributed by atoms with Crippen LogP contribution in [-0.4, -0.2) is 30.1 Å². The van der Waals surface area contributed by atoms with E-state index in [4.69, 9.17) is 15.7 Å². The molecule has 0 aromatic heterocycles. The fourth-order valence-corrected chi connectivity index (χ4v) is 1.60. The molecule has 0 aliphatic rings. The Balaban J connectivity index is 3.18. The number of carboxylic acids is 1. The summed E-state index contributed by atoms with van der Waals surface area (Å²) in [6, 6.07) is 0. The van der Waals surface area contributed by atoms with Gasteiger partial charge in [-0.15, -0.1) is 0 Å². The number of rotatable bonds is 13. The smallest absolute Gasteiger partial charge is 0.324 e. The average Bonchev–Trinajstić information content (AvgIpc) is 2.37. The normalized spacial score (nSPS) is 10.4. The number of hydrogen-bond acceptors (Lipinski definition) is 5. The van der Waals surface area contributed by atoms with Crippen LogP contribution in [0.15, 0.2) is 0 Å². The number of nitrogens with one attached hydrogen (secondary N) is 1. The maximum Gasteiger partial charge on any atom is 0.324 e. The topological polar surface area (TPSA) is 102 Å². The molecule has 0 radical (unpaired) electrons. The first-order chi connectivity index (χ1) is 9.16. The van der Waals surface area contributed by atoms with Crippen molar-refractivity contribution in [2.75, 3.05) is 13.1 Å². The predicted molar refractivity (Wildman–Crippen MR) is 72.3 cm³/mol. The monoisotopic (exact) mass is 274 g/mol. The third-order valence-corrected chi connectivity index (χ3v) is 2.69. The molecule has 0 aromatic carbocycles. The Hall–Kier alpha value is -1.14. The molecule has 112 valence electrons. The Morgan fingerprint density at radius 2 is 1.58 bits per heavy atom. The largest absolute Gasteiger partial charge is 0.481 e. The molecular weight excluding hydrogens is 248 g/mol. The number of hydroxylamine groups is 1. The van der Waals surface area contributed by atoms with Crippen LogP contribution in [0.5, 0.6) is 0 Å². The van der Waals surface area contributed by atoms with Gasteiger partial charge in [-0.3, -0.25) is 9.59 Å². The van der Waals surface area contributed by atoms with E-state index in [2.05, 4.69) is 5.48 Å². The highest BCUT2D eigenvalue weighted by molar-refractivity contribution is 5.68. The van der Waals surface area contributed by atoms with Gasteiger partial charge in [-0.2, -0.15) is 5.48 Å². The van der Waals surface area contributed by atoms with Gasteiger partial charge in [0.25, 0.3) is 0 Å². The van der Waals surface area contributed by atoms with Gasteiger partial charge in [0.15, 0.2) is 0 Å². The first-order valence-corrected chi connectivity index (χ1v) is 7.01. The lowest BCUT2D eigenvalue weighted by molar-refractivity contribution is -0.151. The zero-order valence-electron chi connectivity index (χ0n) is 11.5. The van der Waals surface area contributed by atoms with Crippen molar-refractivity contribution < 1.29 is 19.5 Å². The lowest BCUT2D eigenvalue weighted by atomic mass is 10.1. The molecule has 0 aliphatic heterocycles. The van der Waals surface area contributed by atoms with E-state index >= 15 is 0 Å². The Kier molecular flexibility index (Phi) is 12.5. The van der Waals surface area contributed by atoms with Crippen molar-refractivity contribution in [2.24, 2.45) is 5.73 Å². The van der Waals surface area contributed by atoms with E-state index in [1.165, 1.54) is 0 Å². The summed E-state index contributed by atoms with van der Waals surface area (Å²) >= 11 is 0. The summed E-state index contributed by atoms with van der Waals surface area (Å²) in [6.45, 7) is 1.29. The maximum absolute atomic E-state index is 11.3. The number of hydrogen-bond donors (Lipinski definition) is 3. The number of nitrogens with two attached hydrogens (primary N) is 1. The number of carbonyl (C=O) groups excluding carboxylic acids is 1. The first-order valence-electron chi connectivity index (χ1n) is 7.01. The van der Waals surface area contributed by atoms with E-state index in [9.17, 15) is 9.59 Å². The van der Waals surface area contributed by atoms with Crippen molar-refractivity contribution in [1.29, 1.82) is 0 Å². The minimum absolute atomic E-state index is 0.231. The van der Waals surface area contributed by atoms with Gasteiger partial charge < -0.3 is 15.7 Å². The second-order valence-electron chi connectivity index (χ2n) is 4.53. The molecule has 0 atom stereocenters. The summed E-state index contributed by atoms with van der Waals surface area (Å²) < 4.78 is 0. The summed E-state index contributed by atoms with van der Waals surface area (Å²) in [4.78, 5) is 26.4. The zero-order chi connectivity index (χ0) is 14.3. The van der Waals surface area contributed by atoms with E-state index in [-0.39, 0.29) is 12.4 Å². The van der Waals surface area contributed by atoms with Crippen molar-refractivity contribution in [3.63, 3.8) is 0 Å². The van der Waals surface area contributed by atoms with E-state index in [0.29, 0.717) is 25.9 Å². The SMILES string of the molecule is NCCCCNOC(=O)CCCCCCCC(=O)O. The van der Waals surface area contributed by atoms with Crippen LogP contribution in [-0.2, 0) is 14.4 Å². The second kappa shape index (κ2) is 13.3. The molecule has 0 saturated heterocycles. The standard InChI is InChI=1S/C13H26N2O4/c14-10-6-7-11-15-19-13(18)9-5-3-1-2-4-8-12(16)17/h15H,1-11,14H2,(H,16,17). The van der Waals surface area contributed by atoms with Gasteiger partial charge in [-0.05, 0) is 32.2 Å². The molecule has 6 heteroatoms. The van der Waals surface area contributed by atoms with E-state index < -0.39 is 5.97 Å². The van der Waals surface area contributed by atoms with Crippen LogP contribution in [0.1, 0.15) is 57.8 Å². The molecule has 19 heavy (non-hydrogen) atoms. The highest BCUT2D eigenvalue weighted by Crippen LogP contribution is 2.07. The van der Waals surface area contributed by atoms with Gasteiger partial charge in [0, 0.05) is 19.4 Å². The van der Waals surface area contributed by atoms with Crippen LogP contribution in [0.3, 0.4) is 0 Å². The van der Waals surface area contributed by atoms with Gasteiger partial charge in [-0.25, -0.2) is 0 Å². The van der Waals surface area contributed by atoms with Crippen molar-refractivity contribution in [2.45, 2.75) is 57.8 Å². The predicted octanol–water partition coefficient (Wildman–Crippen LogP) is 1.59. The lowest BCUT2D eigenvalue weighted by Gasteiger charge is -2.05. The van der Waals surface area contributed by atoms with Gasteiger partial charge in [-0.1, -0.05) is 19.3 Å². The summed E-state index contributed by atoms with van der Waals surface area (Å²) in [5, 5.41) is 8.45. The number of aliphatic carboxylic acids is 1. The lowest BCUT2D eigenvalue weighted by Crippen LogP contribution is -2.21. The average molecular weight is 274 g/mol. The minimum atomic E-state index is -0.746. The van der Waals surface area contributed by atoms with E-state index in [0.717, 1.165) is 38.5 Å². The number of unbranched alkanes of at least 4 members (excludes halogenated alkanes) is 5. The fourth-order valence-electron chi connectivity index (χ4n) is 1.60. The van der Waals surface area contributed by atoms with E-state index in [1.54, 1.807) is 0 Å². The number of carboxylic acid groups (broad SMARTS) is 1. The summed E-state index contributed by atoms with van der Waals surface area (Å²) in [5.74, 6) is -0.984. The minimum Gasteiger partial charge on any atom is -0.481 e. The van der Waals surface area contributed by atoms with Crippen molar-refractivity contribution in [3.8, 4) is 0 Å². The molecule has 0 aromatic rings. The Bertz CT molecular complexity index is 247. The van der Waals surface area contributed by atoms with Crippen LogP contribution < -0.4 is 11.2 Å². The van der Waals surface area contributed by atoms with Crippen LogP contribution in [0.25, 0.3) is 0 Å². The molecule has 0 amide bonds. The number of carbonyl (C=O) groups is 2. The van der Waals surface area contributed by atoms with Crippen LogP contribution in [0, 0.1) is 0 Å². The fraction of sp³-hybridized carbons (Fsp3) is 0.846. The van der Waals surface area contributed by atoms with Gasteiger partial charge in [0.1, 0.15) is 0 Å². The molecule has 0 fully saturated rings. The highest BCUT2D eigenvalue weighted by atomic mass is 16.7. The molecule has 0 rings (SSSR count). The molecule has 0 aliphatic carbocycles. The summed E-state index contributed by atoms with van der Waals surface area (Å²) in [5.41, 5.74) is 7.96. The highest BCUT2D eigenvalue weighted by Gasteiger charge is 2.02. The van der Waals surface area contributed by atoms with Gasteiger partial charge in [0.2, 0.25) is 0 Å². The molecule has 0 heterocycles. The van der Waals surface area contributed by atoms with Crippen LogP contribution in [0.2, 0.25) is 0 Å². The molecule has 6 nitrogen and oxygen atoms in total. The third-order valence-electron chi connectivity index (χ3n) is 2.69. The van der Waals surface area contributed by atoms with E-state index in [1.807, 2.05) is 0 Å². The molecule has 0 unspecified atom stereocenters. The van der Waals surface area contributed by atoms with Crippen molar-refractivity contribution in [1.82, 2.24) is 5.48 Å². The second-order valence-corrected chi connectivity index (χ2v) is 4.53. The Labute approximate surface area is 114 Å².